The molecule has 1 atom stereocenters. The zero-order valence-electron chi connectivity index (χ0n) is 17.0. The Hall–Kier alpha value is -2.50. The first-order valence-electron chi connectivity index (χ1n) is 10.4. The Labute approximate surface area is 170 Å². The molecule has 1 saturated heterocycles. The van der Waals surface area contributed by atoms with Crippen molar-refractivity contribution in [2.24, 2.45) is 5.92 Å². The van der Waals surface area contributed by atoms with Crippen LogP contribution in [0.1, 0.15) is 25.3 Å². The van der Waals surface area contributed by atoms with Gasteiger partial charge in [0.1, 0.15) is 5.82 Å². The molecule has 1 fully saturated rings. The van der Waals surface area contributed by atoms with Crippen LogP contribution in [0, 0.1) is 11.7 Å². The third-order valence-electron chi connectivity index (χ3n) is 5.95. The zero-order chi connectivity index (χ0) is 20.4. The molecule has 4 rings (SSSR count). The standard InChI is InChI=1S/C24H28FN3O/c1-16(2)21(15-28-12-10-26-11-13-28)19-8-9-23(27-24(19)29)18-7-6-17-4-3-5-22(25)20(17)14-18/h3-9,14,16,21,26H,10-13,15H2,1-2H3,(H,27,29). The quantitative estimate of drug-likeness (QED) is 0.689. The van der Waals surface area contributed by atoms with Crippen molar-refractivity contribution in [2.75, 3.05) is 32.7 Å². The van der Waals surface area contributed by atoms with Crippen molar-refractivity contribution < 1.29 is 4.39 Å². The first-order valence-corrected chi connectivity index (χ1v) is 10.4. The van der Waals surface area contributed by atoms with Crippen LogP contribution in [0.2, 0.25) is 0 Å². The summed E-state index contributed by atoms with van der Waals surface area (Å²) in [6.07, 6.45) is 0. The number of benzene rings is 2. The van der Waals surface area contributed by atoms with Crippen molar-refractivity contribution in [3.63, 3.8) is 0 Å². The van der Waals surface area contributed by atoms with Gasteiger partial charge in [0.05, 0.1) is 0 Å². The van der Waals surface area contributed by atoms with E-state index in [1.54, 1.807) is 12.1 Å². The van der Waals surface area contributed by atoms with Gasteiger partial charge in [0.2, 0.25) is 0 Å². The van der Waals surface area contributed by atoms with Crippen LogP contribution in [0.5, 0.6) is 0 Å². The van der Waals surface area contributed by atoms with Gasteiger partial charge >= 0.3 is 0 Å². The fourth-order valence-corrected chi connectivity index (χ4v) is 4.19. The molecule has 1 aliphatic rings. The SMILES string of the molecule is CC(C)C(CN1CCNCC1)c1ccc(-c2ccc3cccc(F)c3c2)[nH]c1=O. The van der Waals surface area contributed by atoms with E-state index in [0.717, 1.165) is 49.2 Å². The molecule has 0 aliphatic carbocycles. The molecule has 1 aliphatic heterocycles. The minimum atomic E-state index is -0.251. The number of aromatic amines is 1. The van der Waals surface area contributed by atoms with E-state index in [-0.39, 0.29) is 17.3 Å². The lowest BCUT2D eigenvalue weighted by molar-refractivity contribution is 0.211. The summed E-state index contributed by atoms with van der Waals surface area (Å²) in [5, 5.41) is 4.79. The Morgan fingerprint density at radius 1 is 1.07 bits per heavy atom. The van der Waals surface area contributed by atoms with Crippen LogP contribution in [0.25, 0.3) is 22.0 Å². The molecule has 0 bridgehead atoms. The van der Waals surface area contributed by atoms with Crippen molar-refractivity contribution >= 4 is 10.8 Å². The first-order chi connectivity index (χ1) is 14.0. The third-order valence-corrected chi connectivity index (χ3v) is 5.95. The van der Waals surface area contributed by atoms with Gasteiger partial charge in [-0.25, -0.2) is 4.39 Å². The highest BCUT2D eigenvalue weighted by atomic mass is 19.1. The van der Waals surface area contributed by atoms with Crippen molar-refractivity contribution in [3.8, 4) is 11.3 Å². The van der Waals surface area contributed by atoms with E-state index in [4.69, 9.17) is 0 Å². The maximum atomic E-state index is 14.2. The van der Waals surface area contributed by atoms with Crippen LogP contribution < -0.4 is 10.9 Å². The second kappa shape index (κ2) is 8.47. The number of piperazine rings is 1. The number of hydrogen-bond acceptors (Lipinski definition) is 3. The molecule has 4 nitrogen and oxygen atoms in total. The number of rotatable bonds is 5. The summed E-state index contributed by atoms with van der Waals surface area (Å²) in [4.78, 5) is 18.4. The molecule has 0 radical (unpaired) electrons. The number of nitrogens with one attached hydrogen (secondary N) is 2. The largest absolute Gasteiger partial charge is 0.322 e. The van der Waals surface area contributed by atoms with Crippen LogP contribution in [0.4, 0.5) is 4.39 Å². The molecule has 2 aromatic carbocycles. The fraction of sp³-hybridized carbons (Fsp3) is 0.375. The third kappa shape index (κ3) is 4.26. The average Bonchev–Trinajstić information content (AvgIpc) is 2.73. The number of aromatic nitrogens is 1. The van der Waals surface area contributed by atoms with Gasteiger partial charge in [-0.2, -0.15) is 0 Å². The highest BCUT2D eigenvalue weighted by molar-refractivity contribution is 5.87. The molecule has 29 heavy (non-hydrogen) atoms. The van der Waals surface area contributed by atoms with Gasteiger partial charge < -0.3 is 15.2 Å². The molecule has 152 valence electrons. The molecule has 5 heteroatoms. The number of hydrogen-bond donors (Lipinski definition) is 2. The van der Waals surface area contributed by atoms with Gasteiger partial charge in [-0.1, -0.05) is 44.2 Å². The molecular weight excluding hydrogens is 365 g/mol. The molecule has 0 spiro atoms. The average molecular weight is 394 g/mol. The highest BCUT2D eigenvalue weighted by Gasteiger charge is 2.23. The topological polar surface area (TPSA) is 48.1 Å². The normalized spacial score (nSPS) is 16.4. The predicted molar refractivity (Wildman–Crippen MR) is 117 cm³/mol. The fourth-order valence-electron chi connectivity index (χ4n) is 4.19. The summed E-state index contributed by atoms with van der Waals surface area (Å²) in [5.74, 6) is 0.297. The Morgan fingerprint density at radius 3 is 2.59 bits per heavy atom. The van der Waals surface area contributed by atoms with Crippen LogP contribution in [0.15, 0.2) is 53.3 Å². The number of H-pyrrole nitrogens is 1. The number of pyridine rings is 1. The van der Waals surface area contributed by atoms with E-state index in [9.17, 15) is 9.18 Å². The van der Waals surface area contributed by atoms with Gasteiger partial charge in [-0.05, 0) is 35.1 Å². The van der Waals surface area contributed by atoms with Crippen LogP contribution in [-0.4, -0.2) is 42.6 Å². The first kappa shape index (κ1) is 19.8. The lowest BCUT2D eigenvalue weighted by Crippen LogP contribution is -2.45. The maximum absolute atomic E-state index is 14.2. The molecule has 2 heterocycles. The summed E-state index contributed by atoms with van der Waals surface area (Å²) in [5.41, 5.74) is 2.31. The lowest BCUT2D eigenvalue weighted by Gasteiger charge is -2.32. The van der Waals surface area contributed by atoms with Crippen molar-refractivity contribution in [1.29, 1.82) is 0 Å². The Balaban J connectivity index is 1.64. The monoisotopic (exact) mass is 393 g/mol. The second-order valence-electron chi connectivity index (χ2n) is 8.23. The van der Waals surface area contributed by atoms with Crippen molar-refractivity contribution in [2.45, 2.75) is 19.8 Å². The highest BCUT2D eigenvalue weighted by Crippen LogP contribution is 2.27. The molecule has 1 unspecified atom stereocenters. The van der Waals surface area contributed by atoms with Gasteiger partial charge in [0.25, 0.3) is 5.56 Å². The summed E-state index contributed by atoms with van der Waals surface area (Å²) >= 11 is 0. The van der Waals surface area contributed by atoms with Crippen LogP contribution >= 0.6 is 0 Å². The summed E-state index contributed by atoms with van der Waals surface area (Å²) in [6.45, 7) is 9.27. The number of nitrogens with zero attached hydrogens (tertiary/aromatic N) is 1. The molecule has 0 amide bonds. The smallest absolute Gasteiger partial charge is 0.251 e. The number of halogens is 1. The van der Waals surface area contributed by atoms with E-state index in [0.29, 0.717) is 17.0 Å². The zero-order valence-corrected chi connectivity index (χ0v) is 17.0. The Morgan fingerprint density at radius 2 is 1.86 bits per heavy atom. The maximum Gasteiger partial charge on any atom is 0.251 e. The van der Waals surface area contributed by atoms with Gasteiger partial charge in [-0.15, -0.1) is 0 Å². The molecule has 1 aromatic heterocycles. The summed E-state index contributed by atoms with van der Waals surface area (Å²) < 4.78 is 14.2. The molecule has 3 aromatic rings. The van der Waals surface area contributed by atoms with Gasteiger partial charge in [0, 0.05) is 55.3 Å². The molecule has 2 N–H and O–H groups in total. The van der Waals surface area contributed by atoms with Crippen molar-refractivity contribution in [1.82, 2.24) is 15.2 Å². The van der Waals surface area contributed by atoms with E-state index in [1.807, 2.05) is 30.3 Å². The van der Waals surface area contributed by atoms with Crippen LogP contribution in [0.3, 0.4) is 0 Å². The minimum absolute atomic E-state index is 0.0510. The molecule has 0 saturated carbocycles. The summed E-state index contributed by atoms with van der Waals surface area (Å²) in [7, 11) is 0. The van der Waals surface area contributed by atoms with Crippen LogP contribution in [-0.2, 0) is 0 Å². The van der Waals surface area contributed by atoms with Crippen molar-refractivity contribution in [3.05, 3.63) is 70.3 Å². The van der Waals surface area contributed by atoms with E-state index >= 15 is 0 Å². The predicted octanol–water partition coefficient (Wildman–Crippen LogP) is 3.98. The second-order valence-corrected chi connectivity index (χ2v) is 8.23. The van der Waals surface area contributed by atoms with Gasteiger partial charge in [-0.3, -0.25) is 4.79 Å². The number of fused-ring (bicyclic) bond motifs is 1. The Kier molecular flexibility index (Phi) is 5.79. The van der Waals surface area contributed by atoms with Gasteiger partial charge in [0.15, 0.2) is 0 Å². The molecular formula is C24H28FN3O. The van der Waals surface area contributed by atoms with E-state index in [2.05, 4.69) is 29.0 Å². The Bertz CT molecular complexity index is 1050. The van der Waals surface area contributed by atoms with E-state index in [1.165, 1.54) is 6.07 Å². The lowest BCUT2D eigenvalue weighted by atomic mass is 9.88. The van der Waals surface area contributed by atoms with E-state index < -0.39 is 0 Å². The summed E-state index contributed by atoms with van der Waals surface area (Å²) in [6, 6.07) is 14.6. The minimum Gasteiger partial charge on any atom is -0.322 e.